The highest BCUT2D eigenvalue weighted by Gasteiger charge is 2.26. The predicted molar refractivity (Wildman–Crippen MR) is 128 cm³/mol. The molecule has 174 valence electrons. The number of aromatic amines is 1. The number of aromatic hydroxyl groups is 1. The van der Waals surface area contributed by atoms with Gasteiger partial charge in [-0.3, -0.25) is 5.10 Å². The average molecular weight is 473 g/mol. The molecule has 0 saturated carbocycles. The number of hydrogen-bond acceptors (Lipinski definition) is 6. The lowest BCUT2D eigenvalue weighted by Crippen LogP contribution is -2.40. The predicted octanol–water partition coefficient (Wildman–Crippen LogP) is 5.35. The number of aryl methyl sites for hydroxylation is 1. The van der Waals surface area contributed by atoms with Gasteiger partial charge in [0, 0.05) is 34.1 Å². The van der Waals surface area contributed by atoms with Crippen LogP contribution in [-0.4, -0.2) is 40.0 Å². The zero-order valence-electron chi connectivity index (χ0n) is 19.1. The lowest BCUT2D eigenvalue weighted by Gasteiger charge is -2.27. The van der Waals surface area contributed by atoms with Gasteiger partial charge >= 0.3 is 0 Å². The van der Waals surface area contributed by atoms with Crippen LogP contribution in [0.15, 0.2) is 24.3 Å². The Morgan fingerprint density at radius 1 is 1.21 bits per heavy atom. The summed E-state index contributed by atoms with van der Waals surface area (Å²) < 4.78 is 27.4. The number of phenols is 1. The molecule has 0 amide bonds. The Morgan fingerprint density at radius 2 is 1.94 bits per heavy atom. The van der Waals surface area contributed by atoms with Crippen LogP contribution < -0.4 is 15.2 Å². The van der Waals surface area contributed by atoms with E-state index in [1.54, 1.807) is 6.07 Å². The first-order chi connectivity index (χ1) is 15.5. The summed E-state index contributed by atoms with van der Waals surface area (Å²) >= 11 is 6.12. The van der Waals surface area contributed by atoms with Crippen LogP contribution in [0.3, 0.4) is 0 Å². The first-order valence-corrected chi connectivity index (χ1v) is 10.8. The molecule has 2 heterocycles. The largest absolute Gasteiger partial charge is 0.506 e. The van der Waals surface area contributed by atoms with E-state index in [9.17, 15) is 5.11 Å². The molecular weight excluding hydrogens is 447 g/mol. The van der Waals surface area contributed by atoms with Crippen molar-refractivity contribution in [3.8, 4) is 28.5 Å². The molecule has 7 nitrogen and oxygen atoms in total. The van der Waals surface area contributed by atoms with Crippen LogP contribution in [0, 0.1) is 18.2 Å². The Kier molecular flexibility index (Phi) is 5.84. The molecule has 4 aromatic rings. The Bertz CT molecular complexity index is 1360. The zero-order valence-corrected chi connectivity index (χ0v) is 19.8. The Morgan fingerprint density at radius 3 is 2.58 bits per heavy atom. The summed E-state index contributed by atoms with van der Waals surface area (Å²) in [7, 11) is 1.50. The number of fused-ring (bicyclic) bond motifs is 3. The van der Waals surface area contributed by atoms with Crippen LogP contribution in [0.2, 0.25) is 5.02 Å². The van der Waals surface area contributed by atoms with Crippen LogP contribution in [0.25, 0.3) is 33.1 Å². The molecule has 2 aromatic carbocycles. The van der Waals surface area contributed by atoms with E-state index in [0.717, 1.165) is 0 Å². The molecular formula is C24H26ClFN4O3. The lowest BCUT2D eigenvalue weighted by molar-refractivity contribution is 0.200. The summed E-state index contributed by atoms with van der Waals surface area (Å²) in [6.07, 6.45) is 0. The molecule has 0 aliphatic carbocycles. The van der Waals surface area contributed by atoms with Crippen molar-refractivity contribution in [3.05, 3.63) is 40.8 Å². The molecule has 4 rings (SSSR count). The van der Waals surface area contributed by atoms with Crippen molar-refractivity contribution in [3.63, 3.8) is 0 Å². The highest BCUT2D eigenvalue weighted by atomic mass is 35.5. The van der Waals surface area contributed by atoms with Gasteiger partial charge in [-0.1, -0.05) is 32.4 Å². The minimum Gasteiger partial charge on any atom is -0.506 e. The van der Waals surface area contributed by atoms with Crippen molar-refractivity contribution in [2.45, 2.75) is 33.7 Å². The molecule has 33 heavy (non-hydrogen) atoms. The number of ether oxygens (including phenoxy) is 2. The van der Waals surface area contributed by atoms with E-state index < -0.39 is 5.82 Å². The number of aromatic nitrogens is 3. The lowest BCUT2D eigenvalue weighted by atomic mass is 9.88. The second-order valence-electron chi connectivity index (χ2n) is 9.10. The van der Waals surface area contributed by atoms with E-state index in [1.807, 2.05) is 27.7 Å². The number of benzene rings is 2. The second kappa shape index (κ2) is 8.35. The topological polar surface area (TPSA) is 106 Å². The number of phenolic OH excluding ortho intramolecular Hbond substituents is 1. The number of nitrogens with two attached hydrogens (primary N) is 1. The molecule has 0 spiro atoms. The number of methoxy groups -OCH3 is 1. The number of H-pyrrole nitrogens is 1. The molecule has 0 bridgehead atoms. The maximum atomic E-state index is 15.7. The average Bonchev–Trinajstić information content (AvgIpc) is 3.13. The number of pyridine rings is 1. The third kappa shape index (κ3) is 4.05. The molecule has 0 unspecified atom stereocenters. The molecule has 4 N–H and O–H groups in total. The van der Waals surface area contributed by atoms with E-state index in [1.165, 1.54) is 25.3 Å². The standard InChI is InChI=1S/C24H26ClFN4O3/c1-11-18-20-19(14(26)9-16(22(20)32-5)33-10-17(27)24(2,3)4)21(28-23(18)30-29-11)12-6-7-15(31)13(25)8-12/h6-9,17,31H,10,27H2,1-5H3,(H,28,29,30)/t17-/m1/s1. The number of nitrogens with zero attached hydrogens (tertiary/aromatic N) is 2. The monoisotopic (exact) mass is 472 g/mol. The van der Waals surface area contributed by atoms with Crippen LogP contribution in [0.4, 0.5) is 4.39 Å². The fourth-order valence-corrected chi connectivity index (χ4v) is 3.82. The molecule has 2 aromatic heterocycles. The van der Waals surface area contributed by atoms with E-state index >= 15 is 4.39 Å². The van der Waals surface area contributed by atoms with E-state index in [4.69, 9.17) is 26.8 Å². The summed E-state index contributed by atoms with van der Waals surface area (Å²) in [5.74, 6) is -0.0230. The molecule has 0 radical (unpaired) electrons. The van der Waals surface area contributed by atoms with Crippen LogP contribution in [-0.2, 0) is 0 Å². The van der Waals surface area contributed by atoms with Gasteiger partial charge in [0.2, 0.25) is 0 Å². The number of hydrogen-bond donors (Lipinski definition) is 3. The first-order valence-electron chi connectivity index (χ1n) is 10.4. The normalized spacial score (nSPS) is 13.0. The van der Waals surface area contributed by atoms with Crippen molar-refractivity contribution in [2.24, 2.45) is 11.1 Å². The van der Waals surface area contributed by atoms with E-state index in [-0.39, 0.29) is 40.0 Å². The Hall–Kier alpha value is -3.10. The van der Waals surface area contributed by atoms with Gasteiger partial charge in [0.15, 0.2) is 17.1 Å². The fraction of sp³-hybridized carbons (Fsp3) is 0.333. The Balaban J connectivity index is 2.01. The van der Waals surface area contributed by atoms with Gasteiger partial charge in [-0.15, -0.1) is 0 Å². The summed E-state index contributed by atoms with van der Waals surface area (Å²) in [6, 6.07) is 5.59. The van der Waals surface area contributed by atoms with Gasteiger partial charge in [-0.25, -0.2) is 9.37 Å². The minimum atomic E-state index is -0.542. The minimum absolute atomic E-state index is 0.0784. The van der Waals surface area contributed by atoms with E-state index in [0.29, 0.717) is 39.1 Å². The number of nitrogens with one attached hydrogen (secondary N) is 1. The van der Waals surface area contributed by atoms with Crippen molar-refractivity contribution < 1.29 is 19.0 Å². The molecule has 0 saturated heterocycles. The number of rotatable bonds is 5. The van der Waals surface area contributed by atoms with Crippen molar-refractivity contribution in [1.82, 2.24) is 15.2 Å². The first kappa shape index (κ1) is 23.1. The smallest absolute Gasteiger partial charge is 0.182 e. The maximum absolute atomic E-state index is 15.7. The molecule has 0 aliphatic rings. The van der Waals surface area contributed by atoms with Crippen molar-refractivity contribution in [1.29, 1.82) is 0 Å². The Labute approximate surface area is 195 Å². The molecule has 0 aliphatic heterocycles. The zero-order chi connectivity index (χ0) is 24.1. The summed E-state index contributed by atoms with van der Waals surface area (Å²) in [6.45, 7) is 8.05. The van der Waals surface area contributed by atoms with Gasteiger partial charge < -0.3 is 20.3 Å². The van der Waals surface area contributed by atoms with Gasteiger partial charge in [-0.05, 0) is 30.5 Å². The summed E-state index contributed by atoms with van der Waals surface area (Å²) in [4.78, 5) is 4.60. The van der Waals surface area contributed by atoms with Gasteiger partial charge in [0.05, 0.1) is 23.2 Å². The van der Waals surface area contributed by atoms with Gasteiger partial charge in [0.1, 0.15) is 18.2 Å². The van der Waals surface area contributed by atoms with Crippen molar-refractivity contribution >= 4 is 33.4 Å². The van der Waals surface area contributed by atoms with Crippen LogP contribution >= 0.6 is 11.6 Å². The maximum Gasteiger partial charge on any atom is 0.182 e. The third-order valence-electron chi connectivity index (χ3n) is 5.79. The molecule has 1 atom stereocenters. The molecule has 0 fully saturated rings. The quantitative estimate of drug-likeness (QED) is 0.361. The number of halogens is 2. The fourth-order valence-electron chi connectivity index (χ4n) is 3.64. The second-order valence-corrected chi connectivity index (χ2v) is 9.50. The highest BCUT2D eigenvalue weighted by Crippen LogP contribution is 2.45. The summed E-state index contributed by atoms with van der Waals surface area (Å²) in [5, 5.41) is 18.5. The van der Waals surface area contributed by atoms with Gasteiger partial charge in [-0.2, -0.15) is 5.10 Å². The van der Waals surface area contributed by atoms with Crippen molar-refractivity contribution in [2.75, 3.05) is 13.7 Å². The van der Waals surface area contributed by atoms with Gasteiger partial charge in [0.25, 0.3) is 0 Å². The van der Waals surface area contributed by atoms with Crippen LogP contribution in [0.5, 0.6) is 17.2 Å². The highest BCUT2D eigenvalue weighted by molar-refractivity contribution is 6.32. The third-order valence-corrected chi connectivity index (χ3v) is 6.09. The molecule has 9 heteroatoms. The van der Waals surface area contributed by atoms with Crippen LogP contribution in [0.1, 0.15) is 26.5 Å². The summed E-state index contributed by atoms with van der Waals surface area (Å²) in [5.41, 5.74) is 8.00. The van der Waals surface area contributed by atoms with E-state index in [2.05, 4.69) is 15.2 Å². The SMILES string of the molecule is COc1c(OC[C@@H](N)C(C)(C)C)cc(F)c2c(-c3ccc(O)c(Cl)c3)nc3n[nH]c(C)c3c12.